The van der Waals surface area contributed by atoms with E-state index in [1.807, 2.05) is 11.6 Å². The molecule has 0 unspecified atom stereocenters. The Labute approximate surface area is 126 Å². The standard InChI is InChI=1S/C13H18N4OS2/c1-3-4-9-5-11(17-16-9)13(18)14-6-10-7-20-12(15-10)8-19-2/h5,7H,3-4,6,8H2,1-2H3,(H,14,18)(H,16,17). The van der Waals surface area contributed by atoms with Crippen molar-refractivity contribution >= 4 is 29.0 Å². The van der Waals surface area contributed by atoms with Crippen LogP contribution in [0.3, 0.4) is 0 Å². The normalized spacial score (nSPS) is 10.7. The third kappa shape index (κ3) is 4.08. The highest BCUT2D eigenvalue weighted by molar-refractivity contribution is 7.97. The maximum absolute atomic E-state index is 11.9. The number of carbonyl (C=O) groups is 1. The van der Waals surface area contributed by atoms with Crippen LogP contribution in [0.25, 0.3) is 0 Å². The minimum atomic E-state index is -0.164. The van der Waals surface area contributed by atoms with E-state index in [9.17, 15) is 4.79 Å². The van der Waals surface area contributed by atoms with E-state index in [0.717, 1.165) is 35.0 Å². The maximum atomic E-state index is 11.9. The van der Waals surface area contributed by atoms with Gasteiger partial charge in [0.1, 0.15) is 10.7 Å². The molecule has 0 aliphatic heterocycles. The lowest BCUT2D eigenvalue weighted by molar-refractivity contribution is 0.0945. The van der Waals surface area contributed by atoms with E-state index in [4.69, 9.17) is 0 Å². The van der Waals surface area contributed by atoms with Crippen LogP contribution in [0, 0.1) is 0 Å². The number of rotatable bonds is 7. The Kier molecular flexibility index (Phi) is 5.60. The third-order valence-electron chi connectivity index (χ3n) is 2.68. The molecule has 2 rings (SSSR count). The number of H-pyrrole nitrogens is 1. The van der Waals surface area contributed by atoms with E-state index in [-0.39, 0.29) is 5.91 Å². The van der Waals surface area contributed by atoms with Crippen molar-refractivity contribution in [3.63, 3.8) is 0 Å². The highest BCUT2D eigenvalue weighted by atomic mass is 32.2. The number of amides is 1. The summed E-state index contributed by atoms with van der Waals surface area (Å²) in [5, 5.41) is 12.8. The summed E-state index contributed by atoms with van der Waals surface area (Å²) in [5.74, 6) is 0.751. The molecule has 20 heavy (non-hydrogen) atoms. The summed E-state index contributed by atoms with van der Waals surface area (Å²) in [6.45, 7) is 2.54. The number of hydrogen-bond donors (Lipinski definition) is 2. The van der Waals surface area contributed by atoms with Crippen molar-refractivity contribution in [3.05, 3.63) is 33.5 Å². The molecule has 2 heterocycles. The molecule has 7 heteroatoms. The fourth-order valence-corrected chi connectivity index (χ4v) is 3.27. The molecule has 0 fully saturated rings. The molecule has 5 nitrogen and oxygen atoms in total. The van der Waals surface area contributed by atoms with Crippen LogP contribution in [0.4, 0.5) is 0 Å². The number of thioether (sulfide) groups is 1. The van der Waals surface area contributed by atoms with E-state index in [0.29, 0.717) is 12.2 Å². The van der Waals surface area contributed by atoms with Gasteiger partial charge < -0.3 is 5.32 Å². The first-order chi connectivity index (χ1) is 9.72. The second-order valence-electron chi connectivity index (χ2n) is 4.38. The van der Waals surface area contributed by atoms with Gasteiger partial charge in [0.25, 0.3) is 5.91 Å². The predicted octanol–water partition coefficient (Wildman–Crippen LogP) is 2.61. The zero-order valence-corrected chi connectivity index (χ0v) is 13.2. The molecule has 2 aromatic heterocycles. The summed E-state index contributed by atoms with van der Waals surface area (Å²) in [6, 6.07) is 1.80. The average molecular weight is 310 g/mol. The van der Waals surface area contributed by atoms with Crippen molar-refractivity contribution in [2.45, 2.75) is 32.1 Å². The number of nitrogens with one attached hydrogen (secondary N) is 2. The molecule has 108 valence electrons. The molecule has 0 aliphatic carbocycles. The Hall–Kier alpha value is -1.34. The summed E-state index contributed by atoms with van der Waals surface area (Å²) in [4.78, 5) is 16.4. The van der Waals surface area contributed by atoms with Gasteiger partial charge in [-0.05, 0) is 18.7 Å². The molecule has 0 spiro atoms. The lowest BCUT2D eigenvalue weighted by atomic mass is 10.2. The number of aryl methyl sites for hydroxylation is 1. The van der Waals surface area contributed by atoms with Crippen LogP contribution >= 0.6 is 23.1 Å². The van der Waals surface area contributed by atoms with Gasteiger partial charge in [0.2, 0.25) is 0 Å². The van der Waals surface area contributed by atoms with Gasteiger partial charge in [0.15, 0.2) is 0 Å². The highest BCUT2D eigenvalue weighted by Crippen LogP contribution is 2.15. The molecule has 0 radical (unpaired) electrons. The number of aromatic amines is 1. The molecular weight excluding hydrogens is 292 g/mol. The maximum Gasteiger partial charge on any atom is 0.272 e. The summed E-state index contributed by atoms with van der Waals surface area (Å²) in [7, 11) is 0. The molecule has 0 saturated heterocycles. The highest BCUT2D eigenvalue weighted by Gasteiger charge is 2.10. The molecular formula is C13H18N4OS2. The second kappa shape index (κ2) is 7.44. The number of hydrogen-bond acceptors (Lipinski definition) is 5. The number of thiazole rings is 1. The van der Waals surface area contributed by atoms with Crippen molar-refractivity contribution in [1.82, 2.24) is 20.5 Å². The van der Waals surface area contributed by atoms with E-state index < -0.39 is 0 Å². The SMILES string of the molecule is CCCc1cc(C(=O)NCc2csc(CSC)n2)n[nH]1. The van der Waals surface area contributed by atoms with E-state index in [2.05, 4.69) is 27.4 Å². The molecule has 0 saturated carbocycles. The van der Waals surface area contributed by atoms with Gasteiger partial charge in [-0.15, -0.1) is 11.3 Å². The van der Waals surface area contributed by atoms with Gasteiger partial charge in [0, 0.05) is 16.8 Å². The Morgan fingerprint density at radius 3 is 3.15 bits per heavy atom. The minimum absolute atomic E-state index is 0.164. The van der Waals surface area contributed by atoms with E-state index in [1.54, 1.807) is 29.2 Å². The average Bonchev–Trinajstić information content (AvgIpc) is 3.06. The Morgan fingerprint density at radius 2 is 2.40 bits per heavy atom. The monoisotopic (exact) mass is 310 g/mol. The van der Waals surface area contributed by atoms with E-state index >= 15 is 0 Å². The van der Waals surface area contributed by atoms with Crippen LogP contribution in [-0.2, 0) is 18.7 Å². The van der Waals surface area contributed by atoms with Gasteiger partial charge in [0.05, 0.1) is 12.2 Å². The van der Waals surface area contributed by atoms with Crippen molar-refractivity contribution in [2.24, 2.45) is 0 Å². The number of carbonyl (C=O) groups excluding carboxylic acids is 1. The summed E-state index contributed by atoms with van der Waals surface area (Å²) in [5.41, 5.74) is 2.33. The zero-order chi connectivity index (χ0) is 14.4. The van der Waals surface area contributed by atoms with Crippen molar-refractivity contribution < 1.29 is 4.79 Å². The van der Waals surface area contributed by atoms with Crippen molar-refractivity contribution in [1.29, 1.82) is 0 Å². The Bertz CT molecular complexity index is 564. The quantitative estimate of drug-likeness (QED) is 0.824. The predicted molar refractivity (Wildman–Crippen MR) is 83.1 cm³/mol. The number of nitrogens with zero attached hydrogens (tertiary/aromatic N) is 2. The fourth-order valence-electron chi connectivity index (χ4n) is 1.76. The van der Waals surface area contributed by atoms with Crippen LogP contribution in [0.2, 0.25) is 0 Å². The first-order valence-electron chi connectivity index (χ1n) is 6.47. The Morgan fingerprint density at radius 1 is 1.55 bits per heavy atom. The topological polar surface area (TPSA) is 70.7 Å². The van der Waals surface area contributed by atoms with Gasteiger partial charge in [-0.2, -0.15) is 16.9 Å². The summed E-state index contributed by atoms with van der Waals surface area (Å²) >= 11 is 3.37. The van der Waals surface area contributed by atoms with Gasteiger partial charge >= 0.3 is 0 Å². The largest absolute Gasteiger partial charge is 0.345 e. The number of aromatic nitrogens is 3. The molecule has 1 amide bonds. The first kappa shape index (κ1) is 15.1. The fraction of sp³-hybridized carbons (Fsp3) is 0.462. The molecule has 0 aliphatic rings. The third-order valence-corrected chi connectivity index (χ3v) is 4.32. The van der Waals surface area contributed by atoms with Crippen LogP contribution in [0.5, 0.6) is 0 Å². The minimum Gasteiger partial charge on any atom is -0.345 e. The second-order valence-corrected chi connectivity index (χ2v) is 6.19. The molecule has 0 aromatic carbocycles. The lowest BCUT2D eigenvalue weighted by Crippen LogP contribution is -2.23. The van der Waals surface area contributed by atoms with Crippen molar-refractivity contribution in [3.8, 4) is 0 Å². The molecule has 2 aromatic rings. The molecule has 2 N–H and O–H groups in total. The first-order valence-corrected chi connectivity index (χ1v) is 8.75. The van der Waals surface area contributed by atoms with Crippen LogP contribution < -0.4 is 5.32 Å². The van der Waals surface area contributed by atoms with E-state index in [1.165, 1.54) is 0 Å². The van der Waals surface area contributed by atoms with Gasteiger partial charge in [-0.25, -0.2) is 4.98 Å². The molecule has 0 bridgehead atoms. The summed E-state index contributed by atoms with van der Waals surface area (Å²) in [6.07, 6.45) is 3.99. The molecule has 0 atom stereocenters. The zero-order valence-electron chi connectivity index (χ0n) is 11.6. The Balaban J connectivity index is 1.87. The van der Waals surface area contributed by atoms with Crippen molar-refractivity contribution in [2.75, 3.05) is 6.26 Å². The van der Waals surface area contributed by atoms with Gasteiger partial charge in [-0.1, -0.05) is 13.3 Å². The van der Waals surface area contributed by atoms with Crippen LogP contribution in [0.1, 0.15) is 40.2 Å². The smallest absolute Gasteiger partial charge is 0.272 e. The van der Waals surface area contributed by atoms with Gasteiger partial charge in [-0.3, -0.25) is 9.89 Å². The van der Waals surface area contributed by atoms with Crippen LogP contribution in [0.15, 0.2) is 11.4 Å². The summed E-state index contributed by atoms with van der Waals surface area (Å²) < 4.78 is 0. The van der Waals surface area contributed by atoms with Crippen LogP contribution in [-0.4, -0.2) is 27.3 Å². The lowest BCUT2D eigenvalue weighted by Gasteiger charge is -1.99.